The fourth-order valence-electron chi connectivity index (χ4n) is 0.668. The zero-order valence-corrected chi connectivity index (χ0v) is 5.61. The third kappa shape index (κ3) is 1.55. The van der Waals surface area contributed by atoms with Crippen molar-refractivity contribution in [2.75, 3.05) is 0 Å². The molecule has 0 saturated heterocycles. The van der Waals surface area contributed by atoms with Gasteiger partial charge < -0.3 is 4.74 Å². The average Bonchev–Trinajstić information content (AvgIpc) is 1.96. The van der Waals surface area contributed by atoms with Crippen LogP contribution in [-0.4, -0.2) is 6.47 Å². The highest BCUT2D eigenvalue weighted by molar-refractivity contribution is 5.46. The molecule has 2 nitrogen and oxygen atoms in total. The van der Waals surface area contributed by atoms with Crippen LogP contribution in [0.2, 0.25) is 0 Å². The van der Waals surface area contributed by atoms with Crippen molar-refractivity contribution in [3.63, 3.8) is 0 Å². The normalized spacial score (nSPS) is 9.58. The molecule has 0 aliphatic carbocycles. The lowest BCUT2D eigenvalue weighted by molar-refractivity contribution is 0.397. The molecule has 1 aromatic rings. The predicted octanol–water partition coefficient (Wildman–Crippen LogP) is 1.55. The zero-order valence-electron chi connectivity index (χ0n) is 5.61. The van der Waals surface area contributed by atoms with Gasteiger partial charge in [-0.1, -0.05) is 0 Å². The summed E-state index contributed by atoms with van der Waals surface area (Å²) in [6.07, 6.45) is 0. The summed E-state index contributed by atoms with van der Waals surface area (Å²) in [6, 6.07) is 0.797. The van der Waals surface area contributed by atoms with Crippen LogP contribution < -0.4 is 4.74 Å². The summed E-state index contributed by atoms with van der Waals surface area (Å²) in [5.41, 5.74) is 0. The van der Waals surface area contributed by atoms with Crippen LogP contribution in [-0.2, 0) is 4.79 Å². The Morgan fingerprint density at radius 1 is 1.17 bits per heavy atom. The highest BCUT2D eigenvalue weighted by Crippen LogP contribution is 2.21. The highest BCUT2D eigenvalue weighted by Gasteiger charge is 2.12. The van der Waals surface area contributed by atoms with Gasteiger partial charge in [0.2, 0.25) is 5.75 Å². The topological polar surface area (TPSA) is 26.3 Å². The second-order valence-electron chi connectivity index (χ2n) is 1.88. The van der Waals surface area contributed by atoms with Gasteiger partial charge in [0.25, 0.3) is 0 Å². The van der Waals surface area contributed by atoms with Gasteiger partial charge in [0.15, 0.2) is 11.6 Å². The smallest absolute Gasteiger partial charge is 0.412 e. The first-order valence-corrected chi connectivity index (χ1v) is 2.83. The molecule has 0 N–H and O–H groups in total. The molecule has 1 rings (SSSR count). The van der Waals surface area contributed by atoms with E-state index in [-0.39, 0.29) is 0 Å². The van der Waals surface area contributed by atoms with E-state index in [0.717, 1.165) is 6.47 Å². The first kappa shape index (κ1) is 8.58. The first-order valence-electron chi connectivity index (χ1n) is 2.83. The molecule has 1 aromatic carbocycles. The van der Waals surface area contributed by atoms with Gasteiger partial charge in [0.1, 0.15) is 5.82 Å². The SMILES string of the molecule is O=[C]Oc1c(F)cc(F)cc1F. The predicted molar refractivity (Wildman–Crippen MR) is 32.6 cm³/mol. The number of rotatable bonds is 2. The van der Waals surface area contributed by atoms with Crippen LogP contribution in [0.5, 0.6) is 5.75 Å². The monoisotopic (exact) mass is 175 g/mol. The Labute approximate surface area is 65.6 Å². The van der Waals surface area contributed by atoms with E-state index in [0.29, 0.717) is 12.1 Å². The molecule has 5 heteroatoms. The van der Waals surface area contributed by atoms with Crippen LogP contribution in [0.15, 0.2) is 12.1 Å². The quantitative estimate of drug-likeness (QED) is 0.681. The highest BCUT2D eigenvalue weighted by atomic mass is 19.1. The van der Waals surface area contributed by atoms with Crippen LogP contribution >= 0.6 is 0 Å². The molecular weight excluding hydrogens is 173 g/mol. The molecule has 0 fully saturated rings. The summed E-state index contributed by atoms with van der Waals surface area (Å²) in [5, 5.41) is 0. The van der Waals surface area contributed by atoms with Crippen LogP contribution in [0.1, 0.15) is 0 Å². The van der Waals surface area contributed by atoms with E-state index >= 15 is 0 Å². The lowest BCUT2D eigenvalue weighted by Gasteiger charge is -1.99. The van der Waals surface area contributed by atoms with Gasteiger partial charge >= 0.3 is 6.47 Å². The van der Waals surface area contributed by atoms with Crippen molar-refractivity contribution in [3.8, 4) is 5.75 Å². The minimum atomic E-state index is -1.28. The number of carbonyl (C=O) groups excluding carboxylic acids is 1. The molecular formula is C7H2F3O2. The van der Waals surface area contributed by atoms with Crippen LogP contribution in [0.4, 0.5) is 13.2 Å². The van der Waals surface area contributed by atoms with Gasteiger partial charge in [0, 0.05) is 12.1 Å². The number of ether oxygens (including phenoxy) is 1. The maximum Gasteiger partial charge on any atom is 0.423 e. The Morgan fingerprint density at radius 2 is 1.67 bits per heavy atom. The van der Waals surface area contributed by atoms with Crippen molar-refractivity contribution < 1.29 is 22.7 Å². The van der Waals surface area contributed by atoms with Gasteiger partial charge in [-0.3, -0.25) is 0 Å². The van der Waals surface area contributed by atoms with Crippen molar-refractivity contribution in [2.24, 2.45) is 0 Å². The summed E-state index contributed by atoms with van der Waals surface area (Å²) >= 11 is 0. The second-order valence-corrected chi connectivity index (χ2v) is 1.88. The molecule has 0 atom stereocenters. The summed E-state index contributed by atoms with van der Waals surface area (Å²) in [4.78, 5) is 9.59. The first-order chi connectivity index (χ1) is 5.65. The number of hydrogen-bond acceptors (Lipinski definition) is 2. The van der Waals surface area contributed by atoms with E-state index in [4.69, 9.17) is 0 Å². The third-order valence-electron chi connectivity index (χ3n) is 1.11. The molecule has 0 aromatic heterocycles. The van der Waals surface area contributed by atoms with Gasteiger partial charge in [-0.05, 0) is 0 Å². The molecule has 0 saturated carbocycles. The molecule has 0 unspecified atom stereocenters. The maximum atomic E-state index is 12.5. The van der Waals surface area contributed by atoms with E-state index in [1.807, 2.05) is 0 Å². The van der Waals surface area contributed by atoms with Crippen molar-refractivity contribution in [1.82, 2.24) is 0 Å². The van der Waals surface area contributed by atoms with Crippen molar-refractivity contribution in [2.45, 2.75) is 0 Å². The van der Waals surface area contributed by atoms with Crippen LogP contribution in [0.3, 0.4) is 0 Å². The van der Waals surface area contributed by atoms with Crippen molar-refractivity contribution in [3.05, 3.63) is 29.6 Å². The second kappa shape index (κ2) is 3.25. The Balaban J connectivity index is 3.18. The lowest BCUT2D eigenvalue weighted by Crippen LogP contribution is -1.96. The molecule has 0 aliphatic rings. The van der Waals surface area contributed by atoms with Gasteiger partial charge in [-0.2, -0.15) is 0 Å². The molecule has 0 spiro atoms. The fourth-order valence-corrected chi connectivity index (χ4v) is 0.668. The van der Waals surface area contributed by atoms with E-state index < -0.39 is 23.2 Å². The van der Waals surface area contributed by atoms with E-state index in [9.17, 15) is 18.0 Å². The largest absolute Gasteiger partial charge is 0.423 e. The van der Waals surface area contributed by atoms with Crippen molar-refractivity contribution >= 4 is 6.47 Å². The fraction of sp³-hybridized carbons (Fsp3) is 0. The summed E-state index contributed by atoms with van der Waals surface area (Å²) < 4.78 is 41.0. The molecule has 0 amide bonds. The van der Waals surface area contributed by atoms with E-state index in [1.165, 1.54) is 0 Å². The van der Waals surface area contributed by atoms with E-state index in [2.05, 4.69) is 4.74 Å². The summed E-state index contributed by atoms with van der Waals surface area (Å²) in [5.74, 6) is -4.60. The molecule has 63 valence electrons. The minimum Gasteiger partial charge on any atom is -0.412 e. The minimum absolute atomic E-state index is 0.399. The van der Waals surface area contributed by atoms with Gasteiger partial charge in [0.05, 0.1) is 0 Å². The zero-order chi connectivity index (χ0) is 9.14. The van der Waals surface area contributed by atoms with Gasteiger partial charge in [-0.25, -0.2) is 18.0 Å². The molecule has 12 heavy (non-hydrogen) atoms. The van der Waals surface area contributed by atoms with Gasteiger partial charge in [-0.15, -0.1) is 0 Å². The molecule has 1 radical (unpaired) electrons. The molecule has 0 bridgehead atoms. The summed E-state index contributed by atoms with van der Waals surface area (Å²) in [6.45, 7) is 0.833. The number of halogens is 3. The number of hydrogen-bond donors (Lipinski definition) is 0. The van der Waals surface area contributed by atoms with E-state index in [1.54, 1.807) is 0 Å². The van der Waals surface area contributed by atoms with Crippen LogP contribution in [0.25, 0.3) is 0 Å². The standard InChI is InChI=1S/C7H2F3O2/c8-4-1-5(9)7(12-3-11)6(10)2-4/h1-2H. The Hall–Kier alpha value is -1.52. The number of benzene rings is 1. The Morgan fingerprint density at radius 3 is 2.08 bits per heavy atom. The maximum absolute atomic E-state index is 12.5. The van der Waals surface area contributed by atoms with Crippen molar-refractivity contribution in [1.29, 1.82) is 0 Å². The lowest BCUT2D eigenvalue weighted by atomic mass is 10.3. The Bertz CT molecular complexity index is 289. The summed E-state index contributed by atoms with van der Waals surface area (Å²) in [7, 11) is 0. The third-order valence-corrected chi connectivity index (χ3v) is 1.11. The average molecular weight is 175 g/mol. The molecule has 0 heterocycles. The Kier molecular flexibility index (Phi) is 2.32. The van der Waals surface area contributed by atoms with Crippen LogP contribution in [0, 0.1) is 17.5 Å². The molecule has 0 aliphatic heterocycles.